The van der Waals surface area contributed by atoms with E-state index in [1.165, 1.54) is 0 Å². The summed E-state index contributed by atoms with van der Waals surface area (Å²) < 4.78 is 6.18. The zero-order valence-electron chi connectivity index (χ0n) is 10.2. The molecular formula is C13H16BrN3O. The highest BCUT2D eigenvalue weighted by atomic mass is 79.9. The molecule has 0 amide bonds. The van der Waals surface area contributed by atoms with Crippen LogP contribution in [0, 0.1) is 0 Å². The van der Waals surface area contributed by atoms with Gasteiger partial charge in [0.1, 0.15) is 5.82 Å². The number of anilines is 1. The third-order valence-electron chi connectivity index (χ3n) is 2.75. The number of pyridine rings is 1. The number of benzene rings is 1. The monoisotopic (exact) mass is 309 g/mol. The molecular weight excluding hydrogens is 294 g/mol. The van der Waals surface area contributed by atoms with Crippen molar-refractivity contribution < 1.29 is 4.74 Å². The summed E-state index contributed by atoms with van der Waals surface area (Å²) in [7, 11) is 1.66. The van der Waals surface area contributed by atoms with Crippen molar-refractivity contribution in [3.05, 3.63) is 34.9 Å². The van der Waals surface area contributed by atoms with Crippen molar-refractivity contribution in [3.8, 4) is 0 Å². The summed E-state index contributed by atoms with van der Waals surface area (Å²) in [4.78, 5) is 4.37. The summed E-state index contributed by atoms with van der Waals surface area (Å²) in [6.07, 6.45) is 1.79. The fourth-order valence-electron chi connectivity index (χ4n) is 1.85. The first-order valence-electron chi connectivity index (χ1n) is 5.75. The van der Waals surface area contributed by atoms with E-state index in [1.54, 1.807) is 13.3 Å². The number of hydrogen-bond acceptors (Lipinski definition) is 4. The van der Waals surface area contributed by atoms with Crippen LogP contribution >= 0.6 is 15.9 Å². The Morgan fingerprint density at radius 1 is 1.39 bits per heavy atom. The lowest BCUT2D eigenvalue weighted by molar-refractivity contribution is 0.187. The van der Waals surface area contributed by atoms with Gasteiger partial charge in [-0.2, -0.15) is 0 Å². The Balaban J connectivity index is 2.36. The summed E-state index contributed by atoms with van der Waals surface area (Å²) in [5.41, 5.74) is 5.70. The maximum absolute atomic E-state index is 5.70. The molecule has 1 aromatic heterocycles. The molecule has 0 radical (unpaired) electrons. The molecule has 0 fully saturated rings. The Kier molecular flexibility index (Phi) is 4.52. The van der Waals surface area contributed by atoms with Crippen molar-refractivity contribution in [2.24, 2.45) is 5.73 Å². The van der Waals surface area contributed by atoms with Crippen molar-refractivity contribution in [2.45, 2.75) is 6.04 Å². The number of nitrogens with two attached hydrogens (primary N) is 1. The van der Waals surface area contributed by atoms with Crippen LogP contribution in [0.5, 0.6) is 0 Å². The van der Waals surface area contributed by atoms with Gasteiger partial charge in [0.05, 0.1) is 12.6 Å². The average molecular weight is 310 g/mol. The topological polar surface area (TPSA) is 60.2 Å². The van der Waals surface area contributed by atoms with Gasteiger partial charge in [-0.3, -0.25) is 0 Å². The zero-order valence-corrected chi connectivity index (χ0v) is 11.8. The largest absolute Gasteiger partial charge is 0.383 e. The van der Waals surface area contributed by atoms with Gasteiger partial charge < -0.3 is 15.8 Å². The van der Waals surface area contributed by atoms with Crippen LogP contribution in [0.25, 0.3) is 10.8 Å². The number of ether oxygens (including phenoxy) is 1. The number of hydrogen-bond donors (Lipinski definition) is 2. The molecule has 1 heterocycles. The Morgan fingerprint density at radius 2 is 2.22 bits per heavy atom. The van der Waals surface area contributed by atoms with Gasteiger partial charge in [0.2, 0.25) is 0 Å². The second kappa shape index (κ2) is 6.13. The Hall–Kier alpha value is -1.17. The highest BCUT2D eigenvalue weighted by Gasteiger charge is 2.10. The van der Waals surface area contributed by atoms with E-state index >= 15 is 0 Å². The number of nitrogens with zero attached hydrogens (tertiary/aromatic N) is 1. The van der Waals surface area contributed by atoms with Crippen LogP contribution in [-0.4, -0.2) is 31.3 Å². The molecule has 2 aromatic rings. The molecule has 4 nitrogen and oxygen atoms in total. The van der Waals surface area contributed by atoms with Gasteiger partial charge in [-0.15, -0.1) is 0 Å². The molecule has 0 aliphatic heterocycles. The van der Waals surface area contributed by atoms with Crippen LogP contribution in [0.3, 0.4) is 0 Å². The normalized spacial score (nSPS) is 12.6. The van der Waals surface area contributed by atoms with Crippen molar-refractivity contribution in [3.63, 3.8) is 0 Å². The molecule has 0 aliphatic carbocycles. The Morgan fingerprint density at radius 3 is 2.94 bits per heavy atom. The van der Waals surface area contributed by atoms with E-state index in [0.29, 0.717) is 13.2 Å². The SMILES string of the molecule is COCC(CN)Nc1nccc2c(Br)cccc12. The highest BCUT2D eigenvalue weighted by molar-refractivity contribution is 9.10. The number of aromatic nitrogens is 1. The Labute approximate surface area is 115 Å². The molecule has 1 aromatic carbocycles. The zero-order chi connectivity index (χ0) is 13.0. The standard InChI is InChI=1S/C13H16BrN3O/c1-18-8-9(7-15)17-13-11-3-2-4-12(14)10(11)5-6-16-13/h2-6,9H,7-8,15H2,1H3,(H,16,17). The van der Waals surface area contributed by atoms with Gasteiger partial charge in [-0.05, 0) is 12.1 Å². The summed E-state index contributed by atoms with van der Waals surface area (Å²) in [6.45, 7) is 1.06. The van der Waals surface area contributed by atoms with E-state index in [2.05, 4.69) is 26.2 Å². The second-order valence-electron chi connectivity index (χ2n) is 4.03. The fourth-order valence-corrected chi connectivity index (χ4v) is 2.35. The van der Waals surface area contributed by atoms with Crippen molar-refractivity contribution >= 4 is 32.5 Å². The molecule has 0 spiro atoms. The Bertz CT molecular complexity index is 533. The summed E-state index contributed by atoms with van der Waals surface area (Å²) in [5.74, 6) is 0.835. The third kappa shape index (κ3) is 2.80. The third-order valence-corrected chi connectivity index (χ3v) is 3.44. The number of nitrogens with one attached hydrogen (secondary N) is 1. The molecule has 3 N–H and O–H groups in total. The molecule has 0 saturated heterocycles. The van der Waals surface area contributed by atoms with Gasteiger partial charge in [-0.25, -0.2) is 4.98 Å². The molecule has 2 rings (SSSR count). The van der Waals surface area contributed by atoms with Gasteiger partial charge in [0.25, 0.3) is 0 Å². The van der Waals surface area contributed by atoms with E-state index in [1.807, 2.05) is 24.3 Å². The molecule has 1 atom stereocenters. The summed E-state index contributed by atoms with van der Waals surface area (Å²) >= 11 is 3.54. The van der Waals surface area contributed by atoms with Crippen molar-refractivity contribution in [1.29, 1.82) is 0 Å². The molecule has 96 valence electrons. The lowest BCUT2D eigenvalue weighted by atomic mass is 10.1. The van der Waals surface area contributed by atoms with E-state index < -0.39 is 0 Å². The summed E-state index contributed by atoms with van der Waals surface area (Å²) in [5, 5.41) is 5.52. The quantitative estimate of drug-likeness (QED) is 0.890. The van der Waals surface area contributed by atoms with Gasteiger partial charge in [0.15, 0.2) is 0 Å². The van der Waals surface area contributed by atoms with Crippen LogP contribution in [0.2, 0.25) is 0 Å². The fraction of sp³-hybridized carbons (Fsp3) is 0.308. The predicted molar refractivity (Wildman–Crippen MR) is 77.8 cm³/mol. The van der Waals surface area contributed by atoms with Crippen LogP contribution in [-0.2, 0) is 4.74 Å². The number of fused-ring (bicyclic) bond motifs is 1. The number of methoxy groups -OCH3 is 1. The summed E-state index contributed by atoms with van der Waals surface area (Å²) in [6, 6.07) is 8.09. The van der Waals surface area contributed by atoms with Crippen LogP contribution in [0.15, 0.2) is 34.9 Å². The van der Waals surface area contributed by atoms with E-state index in [4.69, 9.17) is 10.5 Å². The molecule has 0 saturated carbocycles. The molecule has 0 aliphatic rings. The predicted octanol–water partition coefficient (Wildman–Crippen LogP) is 2.38. The van der Waals surface area contributed by atoms with Gasteiger partial charge in [-0.1, -0.05) is 28.1 Å². The van der Waals surface area contributed by atoms with Gasteiger partial charge in [0, 0.05) is 35.1 Å². The van der Waals surface area contributed by atoms with Crippen LogP contribution in [0.1, 0.15) is 0 Å². The van der Waals surface area contributed by atoms with Crippen molar-refractivity contribution in [1.82, 2.24) is 4.98 Å². The van der Waals surface area contributed by atoms with Crippen LogP contribution < -0.4 is 11.1 Å². The highest BCUT2D eigenvalue weighted by Crippen LogP contribution is 2.27. The van der Waals surface area contributed by atoms with Gasteiger partial charge >= 0.3 is 0 Å². The van der Waals surface area contributed by atoms with E-state index in [-0.39, 0.29) is 6.04 Å². The molecule has 5 heteroatoms. The minimum Gasteiger partial charge on any atom is -0.383 e. The number of rotatable bonds is 5. The lowest BCUT2D eigenvalue weighted by Gasteiger charge is -2.17. The van der Waals surface area contributed by atoms with E-state index in [9.17, 15) is 0 Å². The molecule has 1 unspecified atom stereocenters. The lowest BCUT2D eigenvalue weighted by Crippen LogP contribution is -2.33. The first kappa shape index (κ1) is 13.3. The molecule has 18 heavy (non-hydrogen) atoms. The minimum atomic E-state index is 0.0621. The van der Waals surface area contributed by atoms with E-state index in [0.717, 1.165) is 21.1 Å². The average Bonchev–Trinajstić information content (AvgIpc) is 2.39. The number of halogens is 1. The maximum atomic E-state index is 5.70. The smallest absolute Gasteiger partial charge is 0.134 e. The van der Waals surface area contributed by atoms with Crippen molar-refractivity contribution in [2.75, 3.05) is 25.6 Å². The first-order valence-corrected chi connectivity index (χ1v) is 6.54. The van der Waals surface area contributed by atoms with Crippen LogP contribution in [0.4, 0.5) is 5.82 Å². The first-order chi connectivity index (χ1) is 8.76. The maximum Gasteiger partial charge on any atom is 0.134 e. The minimum absolute atomic E-state index is 0.0621. The molecule has 0 bridgehead atoms. The second-order valence-corrected chi connectivity index (χ2v) is 4.88.